The van der Waals surface area contributed by atoms with Gasteiger partial charge in [0.25, 0.3) is 0 Å². The molecule has 0 bridgehead atoms. The molecular weight excluding hydrogens is 396 g/mol. The molecule has 2 atom stereocenters. The first kappa shape index (κ1) is 26.1. The summed E-state index contributed by atoms with van der Waals surface area (Å²) >= 11 is 0. The molecule has 1 aliphatic carbocycles. The highest BCUT2D eigenvalue weighted by Gasteiger charge is 2.29. The zero-order valence-electron chi connectivity index (χ0n) is 23.0. The largest absolute Gasteiger partial charge is 0.0645 e. The summed E-state index contributed by atoms with van der Waals surface area (Å²) in [5.74, 6) is 1.60. The third-order valence-electron chi connectivity index (χ3n) is 8.86. The molecule has 33 heavy (non-hydrogen) atoms. The first-order valence-electron chi connectivity index (χ1n) is 13.9. The van der Waals surface area contributed by atoms with Crippen LogP contribution in [0.2, 0.25) is 0 Å². The van der Waals surface area contributed by atoms with E-state index in [1.165, 1.54) is 62.5 Å². The van der Waals surface area contributed by atoms with E-state index in [4.69, 9.17) is 0 Å². The van der Waals surface area contributed by atoms with Crippen molar-refractivity contribution < 1.29 is 0 Å². The minimum absolute atomic E-state index is 0.293. The summed E-state index contributed by atoms with van der Waals surface area (Å²) in [5, 5.41) is 0. The lowest BCUT2D eigenvalue weighted by Gasteiger charge is -2.30. The van der Waals surface area contributed by atoms with Crippen LogP contribution in [0.4, 0.5) is 0 Å². The van der Waals surface area contributed by atoms with E-state index in [0.29, 0.717) is 10.8 Å². The van der Waals surface area contributed by atoms with Crippen molar-refractivity contribution in [1.29, 1.82) is 0 Å². The smallest absolute Gasteiger partial charge is 0.00132 e. The van der Waals surface area contributed by atoms with Crippen molar-refractivity contribution in [1.82, 2.24) is 0 Å². The third kappa shape index (κ3) is 5.93. The molecule has 3 rings (SSSR count). The Labute approximate surface area is 205 Å². The Hall–Kier alpha value is -1.56. The van der Waals surface area contributed by atoms with E-state index in [2.05, 4.69) is 91.8 Å². The SMILES string of the molecule is CCC(C)(CCCC(C)C)c1ccc2c(c1)Cc1cc(C(C)(CC)CCCC(C)C)ccc1-2. The molecule has 0 saturated carbocycles. The topological polar surface area (TPSA) is 0 Å². The van der Waals surface area contributed by atoms with Crippen molar-refractivity contribution in [2.45, 2.75) is 124 Å². The molecule has 0 spiro atoms. The molecule has 1 aliphatic rings. The van der Waals surface area contributed by atoms with Crippen molar-refractivity contribution in [3.63, 3.8) is 0 Å². The fourth-order valence-electron chi connectivity index (χ4n) is 5.81. The van der Waals surface area contributed by atoms with E-state index in [-0.39, 0.29) is 0 Å². The number of rotatable bonds is 12. The van der Waals surface area contributed by atoms with Gasteiger partial charge in [0.2, 0.25) is 0 Å². The van der Waals surface area contributed by atoms with E-state index in [0.717, 1.165) is 18.3 Å². The average molecular weight is 447 g/mol. The molecule has 0 fully saturated rings. The molecule has 2 aromatic rings. The van der Waals surface area contributed by atoms with Gasteiger partial charge in [-0.1, -0.05) is 117 Å². The monoisotopic (exact) mass is 446 g/mol. The van der Waals surface area contributed by atoms with Crippen molar-refractivity contribution >= 4 is 0 Å². The first-order chi connectivity index (χ1) is 15.6. The second kappa shape index (κ2) is 10.8. The highest BCUT2D eigenvalue weighted by atomic mass is 14.3. The molecule has 0 aromatic heterocycles. The summed E-state index contributed by atoms with van der Waals surface area (Å²) in [6, 6.07) is 14.8. The normalized spacial score (nSPS) is 16.5. The van der Waals surface area contributed by atoms with Gasteiger partial charge in [-0.3, -0.25) is 0 Å². The molecule has 2 unspecified atom stereocenters. The molecule has 0 heteroatoms. The molecule has 0 aliphatic heterocycles. The Morgan fingerprint density at radius 2 is 1.06 bits per heavy atom. The Bertz CT molecular complexity index is 842. The highest BCUT2D eigenvalue weighted by Crippen LogP contribution is 2.43. The Kier molecular flexibility index (Phi) is 8.52. The molecule has 0 nitrogen and oxygen atoms in total. The van der Waals surface area contributed by atoms with Gasteiger partial charge in [0, 0.05) is 0 Å². The standard InChI is InChI=1S/C33H50/c1-9-32(7,19-11-13-24(3)4)28-15-17-30-26(22-28)21-27-23-29(16-18-31(27)30)33(8,10-2)20-12-14-25(5)6/h15-18,22-25H,9-14,19-21H2,1-8H3. The molecule has 0 saturated heterocycles. The Morgan fingerprint density at radius 3 is 1.39 bits per heavy atom. The van der Waals surface area contributed by atoms with E-state index >= 15 is 0 Å². The second-order valence-electron chi connectivity index (χ2n) is 12.3. The van der Waals surface area contributed by atoms with Crippen LogP contribution >= 0.6 is 0 Å². The summed E-state index contributed by atoms with van der Waals surface area (Å²) in [6.07, 6.45) is 11.4. The first-order valence-corrected chi connectivity index (χ1v) is 13.9. The predicted molar refractivity (Wildman–Crippen MR) is 147 cm³/mol. The van der Waals surface area contributed by atoms with Crippen molar-refractivity contribution in [3.05, 3.63) is 58.7 Å². The van der Waals surface area contributed by atoms with Crippen LogP contribution in [-0.2, 0) is 17.3 Å². The van der Waals surface area contributed by atoms with Crippen LogP contribution < -0.4 is 0 Å². The van der Waals surface area contributed by atoms with E-state index < -0.39 is 0 Å². The maximum atomic E-state index is 2.55. The number of hydrogen-bond donors (Lipinski definition) is 0. The average Bonchev–Trinajstić information content (AvgIpc) is 3.15. The van der Waals surface area contributed by atoms with Crippen molar-refractivity contribution in [2.24, 2.45) is 11.8 Å². The van der Waals surface area contributed by atoms with Gasteiger partial charge in [-0.25, -0.2) is 0 Å². The quantitative estimate of drug-likeness (QED) is 0.259. The lowest BCUT2D eigenvalue weighted by atomic mass is 9.75. The maximum absolute atomic E-state index is 2.55. The zero-order chi connectivity index (χ0) is 24.2. The summed E-state index contributed by atoms with van der Waals surface area (Å²) in [6.45, 7) is 19.1. The molecule has 182 valence electrons. The van der Waals surface area contributed by atoms with Gasteiger partial charge in [0.1, 0.15) is 0 Å². The van der Waals surface area contributed by atoms with Gasteiger partial charge in [-0.2, -0.15) is 0 Å². The van der Waals surface area contributed by atoms with Gasteiger partial charge in [0.05, 0.1) is 0 Å². The Balaban J connectivity index is 1.81. The molecule has 0 N–H and O–H groups in total. The van der Waals surface area contributed by atoms with Gasteiger partial charge in [-0.15, -0.1) is 0 Å². The molecule has 2 aromatic carbocycles. The van der Waals surface area contributed by atoms with Crippen LogP contribution in [0.3, 0.4) is 0 Å². The third-order valence-corrected chi connectivity index (χ3v) is 8.86. The predicted octanol–water partition coefficient (Wildman–Crippen LogP) is 10.2. The maximum Gasteiger partial charge on any atom is -0.00132 e. The van der Waals surface area contributed by atoms with Crippen LogP contribution in [0.1, 0.15) is 129 Å². The second-order valence-corrected chi connectivity index (χ2v) is 12.3. The molecule has 0 amide bonds. The lowest BCUT2D eigenvalue weighted by molar-refractivity contribution is 0.382. The number of hydrogen-bond acceptors (Lipinski definition) is 0. The van der Waals surface area contributed by atoms with Crippen LogP contribution in [0.5, 0.6) is 0 Å². The number of fused-ring (bicyclic) bond motifs is 3. The van der Waals surface area contributed by atoms with Crippen molar-refractivity contribution in [2.75, 3.05) is 0 Å². The summed E-state index contributed by atoms with van der Waals surface area (Å²) in [5.41, 5.74) is 9.71. The van der Waals surface area contributed by atoms with Crippen LogP contribution in [0, 0.1) is 11.8 Å². The lowest BCUT2D eigenvalue weighted by Crippen LogP contribution is -2.21. The van der Waals surface area contributed by atoms with Crippen LogP contribution in [0.25, 0.3) is 11.1 Å². The minimum Gasteiger partial charge on any atom is -0.0645 e. The van der Waals surface area contributed by atoms with Gasteiger partial charge < -0.3 is 0 Å². The zero-order valence-corrected chi connectivity index (χ0v) is 23.0. The van der Waals surface area contributed by atoms with Gasteiger partial charge >= 0.3 is 0 Å². The molecule has 0 radical (unpaired) electrons. The molecule has 0 heterocycles. The Morgan fingerprint density at radius 1 is 0.667 bits per heavy atom. The van der Waals surface area contributed by atoms with E-state index in [9.17, 15) is 0 Å². The number of benzene rings is 2. The van der Waals surface area contributed by atoms with E-state index in [1.54, 1.807) is 22.3 Å². The summed E-state index contributed by atoms with van der Waals surface area (Å²) < 4.78 is 0. The minimum atomic E-state index is 0.293. The van der Waals surface area contributed by atoms with Gasteiger partial charge in [0.15, 0.2) is 0 Å². The van der Waals surface area contributed by atoms with Gasteiger partial charge in [-0.05, 0) is 88.2 Å². The molecular formula is C33H50. The fourth-order valence-corrected chi connectivity index (χ4v) is 5.81. The summed E-state index contributed by atoms with van der Waals surface area (Å²) in [7, 11) is 0. The fraction of sp³-hybridized carbons (Fsp3) is 0.636. The van der Waals surface area contributed by atoms with Crippen LogP contribution in [0.15, 0.2) is 36.4 Å². The highest BCUT2D eigenvalue weighted by molar-refractivity contribution is 5.77. The summed E-state index contributed by atoms with van der Waals surface area (Å²) in [4.78, 5) is 0. The van der Waals surface area contributed by atoms with E-state index in [1.807, 2.05) is 0 Å². The van der Waals surface area contributed by atoms with Crippen LogP contribution in [-0.4, -0.2) is 0 Å². The van der Waals surface area contributed by atoms with Crippen molar-refractivity contribution in [3.8, 4) is 11.1 Å².